The number of hydrazone groups is 1. The highest BCUT2D eigenvalue weighted by atomic mass is 15.5. The van der Waals surface area contributed by atoms with Gasteiger partial charge in [-0.15, -0.1) is 0 Å². The van der Waals surface area contributed by atoms with E-state index in [0.717, 1.165) is 22.7 Å². The molecular formula is C26H28N4. The zero-order valence-corrected chi connectivity index (χ0v) is 17.6. The Balaban J connectivity index is 1.76. The highest BCUT2D eigenvalue weighted by Gasteiger charge is 2.48. The minimum Gasteiger partial charge on any atom is -0.324 e. The number of hydrogen-bond donors (Lipinski definition) is 1. The van der Waals surface area contributed by atoms with E-state index < -0.39 is 0 Å². The molecule has 1 aliphatic heterocycles. The molecule has 0 saturated carbocycles. The molecule has 0 aromatic heterocycles. The second kappa shape index (κ2) is 8.64. The lowest BCUT2D eigenvalue weighted by Gasteiger charge is -2.34. The Kier molecular flexibility index (Phi) is 5.77. The van der Waals surface area contributed by atoms with Crippen molar-refractivity contribution < 1.29 is 0 Å². The summed E-state index contributed by atoms with van der Waals surface area (Å²) in [7, 11) is 0. The number of amidine groups is 1. The summed E-state index contributed by atoms with van der Waals surface area (Å²) in [6.45, 7) is 5.41. The first kappa shape index (κ1) is 20.0. The van der Waals surface area contributed by atoms with Crippen LogP contribution in [-0.2, 0) is 12.0 Å². The molecule has 0 unspecified atom stereocenters. The largest absolute Gasteiger partial charge is 0.324 e. The van der Waals surface area contributed by atoms with Gasteiger partial charge in [-0.3, -0.25) is 4.99 Å². The van der Waals surface area contributed by atoms with Crippen LogP contribution in [0.25, 0.3) is 0 Å². The van der Waals surface area contributed by atoms with Crippen LogP contribution in [-0.4, -0.2) is 29.1 Å². The number of nitrogens with two attached hydrogens (primary N) is 1. The zero-order valence-electron chi connectivity index (χ0n) is 17.6. The molecule has 3 aromatic rings. The van der Waals surface area contributed by atoms with E-state index >= 15 is 0 Å². The standard InChI is InChI=1S/C26H28N4/c1-20-26(2,23-16-10-5-11-17-23)25(22-14-8-4-9-15-22)29-30(20)24(18-27)28-19-21-12-6-3-7-13-21/h3-17,20H,18-19,27H2,1-2H3/t20-,26-/m0/s1. The Morgan fingerprint density at radius 1 is 0.933 bits per heavy atom. The average Bonchev–Trinajstić information content (AvgIpc) is 3.08. The van der Waals surface area contributed by atoms with Crippen molar-refractivity contribution in [2.75, 3.05) is 6.54 Å². The molecule has 2 atom stereocenters. The predicted octanol–water partition coefficient (Wildman–Crippen LogP) is 4.61. The molecule has 4 heteroatoms. The average molecular weight is 397 g/mol. The molecule has 1 aliphatic rings. The summed E-state index contributed by atoms with van der Waals surface area (Å²) in [6, 6.07) is 31.3. The minimum absolute atomic E-state index is 0.0770. The molecule has 152 valence electrons. The fraction of sp³-hybridized carbons (Fsp3) is 0.231. The van der Waals surface area contributed by atoms with Crippen molar-refractivity contribution in [1.82, 2.24) is 5.01 Å². The second-order valence-corrected chi connectivity index (χ2v) is 7.83. The van der Waals surface area contributed by atoms with Crippen LogP contribution >= 0.6 is 0 Å². The van der Waals surface area contributed by atoms with E-state index in [1.54, 1.807) is 0 Å². The minimum atomic E-state index is -0.286. The summed E-state index contributed by atoms with van der Waals surface area (Å²) in [4.78, 5) is 4.84. The zero-order chi connectivity index (χ0) is 21.0. The summed E-state index contributed by atoms with van der Waals surface area (Å²) in [5.41, 5.74) is 10.4. The van der Waals surface area contributed by atoms with E-state index in [1.807, 2.05) is 29.3 Å². The van der Waals surface area contributed by atoms with Gasteiger partial charge in [0.2, 0.25) is 0 Å². The van der Waals surface area contributed by atoms with Gasteiger partial charge >= 0.3 is 0 Å². The molecule has 4 nitrogen and oxygen atoms in total. The number of rotatable bonds is 5. The van der Waals surface area contributed by atoms with E-state index in [-0.39, 0.29) is 11.5 Å². The van der Waals surface area contributed by atoms with E-state index in [4.69, 9.17) is 15.8 Å². The van der Waals surface area contributed by atoms with Crippen molar-refractivity contribution in [3.05, 3.63) is 108 Å². The third-order valence-electron chi connectivity index (χ3n) is 6.06. The molecule has 0 spiro atoms. The van der Waals surface area contributed by atoms with Gasteiger partial charge in [-0.2, -0.15) is 5.10 Å². The van der Waals surface area contributed by atoms with Gasteiger partial charge in [-0.05, 0) is 30.5 Å². The van der Waals surface area contributed by atoms with Gasteiger partial charge < -0.3 is 5.73 Å². The highest BCUT2D eigenvalue weighted by Crippen LogP contribution is 2.40. The van der Waals surface area contributed by atoms with Crippen molar-refractivity contribution >= 4 is 11.5 Å². The summed E-state index contributed by atoms with van der Waals surface area (Å²) in [6.07, 6.45) is 0. The lowest BCUT2D eigenvalue weighted by atomic mass is 9.71. The number of nitrogens with zero attached hydrogens (tertiary/aromatic N) is 3. The van der Waals surface area contributed by atoms with Gasteiger partial charge in [0.1, 0.15) is 5.84 Å². The molecule has 2 N–H and O–H groups in total. The van der Waals surface area contributed by atoms with Crippen LogP contribution in [0.4, 0.5) is 0 Å². The summed E-state index contributed by atoms with van der Waals surface area (Å²) in [5, 5.41) is 7.12. The van der Waals surface area contributed by atoms with Gasteiger partial charge in [0.05, 0.1) is 30.3 Å². The van der Waals surface area contributed by atoms with Crippen molar-refractivity contribution in [1.29, 1.82) is 0 Å². The van der Waals surface area contributed by atoms with Crippen LogP contribution in [0.1, 0.15) is 30.5 Å². The number of benzene rings is 3. The van der Waals surface area contributed by atoms with Crippen molar-refractivity contribution in [2.45, 2.75) is 31.8 Å². The van der Waals surface area contributed by atoms with Gasteiger partial charge in [0, 0.05) is 0 Å². The van der Waals surface area contributed by atoms with Gasteiger partial charge in [0.25, 0.3) is 0 Å². The molecule has 0 amide bonds. The Labute approximate surface area is 178 Å². The molecule has 3 aromatic carbocycles. The quantitative estimate of drug-likeness (QED) is 0.506. The Morgan fingerprint density at radius 2 is 1.50 bits per heavy atom. The SMILES string of the molecule is C[C@@H]1N(C(CN)=NCc2ccccc2)N=C(c2ccccc2)[C@]1(C)c1ccccc1. The second-order valence-electron chi connectivity index (χ2n) is 7.83. The topological polar surface area (TPSA) is 54.0 Å². The third-order valence-corrected chi connectivity index (χ3v) is 6.06. The van der Waals surface area contributed by atoms with Crippen molar-refractivity contribution in [3.8, 4) is 0 Å². The Morgan fingerprint density at radius 3 is 2.10 bits per heavy atom. The van der Waals surface area contributed by atoms with Gasteiger partial charge in [0.15, 0.2) is 0 Å². The van der Waals surface area contributed by atoms with Crippen molar-refractivity contribution in [2.24, 2.45) is 15.8 Å². The van der Waals surface area contributed by atoms with Gasteiger partial charge in [-0.25, -0.2) is 5.01 Å². The number of hydrogen-bond acceptors (Lipinski definition) is 3. The summed E-state index contributed by atoms with van der Waals surface area (Å²) >= 11 is 0. The van der Waals surface area contributed by atoms with Crippen LogP contribution in [0.5, 0.6) is 0 Å². The summed E-state index contributed by atoms with van der Waals surface area (Å²) < 4.78 is 0. The molecule has 0 fully saturated rings. The maximum atomic E-state index is 6.15. The van der Waals surface area contributed by atoms with Crippen LogP contribution in [0.15, 0.2) is 101 Å². The fourth-order valence-electron chi connectivity index (χ4n) is 4.13. The first-order valence-corrected chi connectivity index (χ1v) is 10.4. The van der Waals surface area contributed by atoms with E-state index in [0.29, 0.717) is 13.1 Å². The Hall–Kier alpha value is -3.24. The molecule has 0 saturated heterocycles. The Bertz CT molecular complexity index is 1030. The molecule has 0 bridgehead atoms. The van der Waals surface area contributed by atoms with E-state index in [1.165, 1.54) is 5.56 Å². The van der Waals surface area contributed by atoms with Crippen LogP contribution in [0.3, 0.4) is 0 Å². The van der Waals surface area contributed by atoms with Gasteiger partial charge in [-0.1, -0.05) is 91.0 Å². The van der Waals surface area contributed by atoms with Crippen LogP contribution in [0, 0.1) is 0 Å². The van der Waals surface area contributed by atoms with E-state index in [9.17, 15) is 0 Å². The van der Waals surface area contributed by atoms with E-state index in [2.05, 4.69) is 80.6 Å². The van der Waals surface area contributed by atoms with Crippen LogP contribution in [0.2, 0.25) is 0 Å². The smallest absolute Gasteiger partial charge is 0.134 e. The third kappa shape index (κ3) is 3.66. The molecule has 0 radical (unpaired) electrons. The van der Waals surface area contributed by atoms with Crippen molar-refractivity contribution in [3.63, 3.8) is 0 Å². The summed E-state index contributed by atoms with van der Waals surface area (Å²) in [5.74, 6) is 0.805. The fourth-order valence-corrected chi connectivity index (χ4v) is 4.13. The maximum Gasteiger partial charge on any atom is 0.134 e. The molecule has 0 aliphatic carbocycles. The normalized spacial score (nSPS) is 21.6. The van der Waals surface area contributed by atoms with Crippen LogP contribution < -0.4 is 5.73 Å². The lowest BCUT2D eigenvalue weighted by Crippen LogP contribution is -2.46. The monoisotopic (exact) mass is 396 g/mol. The lowest BCUT2D eigenvalue weighted by molar-refractivity contribution is 0.310. The molecule has 4 rings (SSSR count). The first-order chi connectivity index (χ1) is 14.6. The maximum absolute atomic E-state index is 6.15. The predicted molar refractivity (Wildman–Crippen MR) is 125 cm³/mol. The molecule has 30 heavy (non-hydrogen) atoms. The molecule has 1 heterocycles. The number of aliphatic imine (C=N–C) groups is 1. The highest BCUT2D eigenvalue weighted by molar-refractivity contribution is 6.10. The first-order valence-electron chi connectivity index (χ1n) is 10.4. The molecular weight excluding hydrogens is 368 g/mol.